The van der Waals surface area contributed by atoms with E-state index < -0.39 is 11.7 Å². The SMILES string of the molecule is COc1cccc(F)c1C(=O)N[C@H]1CCC[C@@H]1Nc1ccc(C)cn1. The Kier molecular flexibility index (Phi) is 5.16. The van der Waals surface area contributed by atoms with Gasteiger partial charge in [0.1, 0.15) is 22.9 Å². The molecule has 1 amide bonds. The van der Waals surface area contributed by atoms with Crippen LogP contribution in [0.15, 0.2) is 36.5 Å². The normalized spacial score (nSPS) is 19.5. The molecule has 1 heterocycles. The molecule has 1 saturated carbocycles. The zero-order valence-electron chi connectivity index (χ0n) is 14.4. The molecule has 2 aromatic rings. The number of methoxy groups -OCH3 is 1. The van der Waals surface area contributed by atoms with Crippen LogP contribution in [0.2, 0.25) is 0 Å². The van der Waals surface area contributed by atoms with E-state index >= 15 is 0 Å². The van der Waals surface area contributed by atoms with Crippen molar-refractivity contribution >= 4 is 11.7 Å². The lowest BCUT2D eigenvalue weighted by molar-refractivity contribution is 0.0928. The molecular formula is C19H22FN3O2. The number of nitrogens with one attached hydrogen (secondary N) is 2. The summed E-state index contributed by atoms with van der Waals surface area (Å²) in [6, 6.07) is 8.26. The van der Waals surface area contributed by atoms with Crippen LogP contribution in [0.1, 0.15) is 35.2 Å². The number of hydrogen-bond donors (Lipinski definition) is 2. The highest BCUT2D eigenvalue weighted by atomic mass is 19.1. The maximum absolute atomic E-state index is 14.1. The van der Waals surface area contributed by atoms with Crippen molar-refractivity contribution in [1.82, 2.24) is 10.3 Å². The van der Waals surface area contributed by atoms with Gasteiger partial charge in [-0.3, -0.25) is 4.79 Å². The average molecular weight is 343 g/mol. The van der Waals surface area contributed by atoms with E-state index in [1.165, 1.54) is 19.2 Å². The first-order valence-electron chi connectivity index (χ1n) is 8.41. The number of carbonyl (C=O) groups is 1. The number of aromatic nitrogens is 1. The fourth-order valence-electron chi connectivity index (χ4n) is 3.18. The molecule has 132 valence electrons. The van der Waals surface area contributed by atoms with Crippen LogP contribution >= 0.6 is 0 Å². The Morgan fingerprint density at radius 2 is 2.04 bits per heavy atom. The first-order chi connectivity index (χ1) is 12.1. The van der Waals surface area contributed by atoms with Gasteiger partial charge in [0.15, 0.2) is 0 Å². The van der Waals surface area contributed by atoms with E-state index in [-0.39, 0.29) is 23.4 Å². The van der Waals surface area contributed by atoms with Crippen LogP contribution in [-0.2, 0) is 0 Å². The number of anilines is 1. The molecule has 1 aliphatic rings. The third-order valence-corrected chi connectivity index (χ3v) is 4.50. The van der Waals surface area contributed by atoms with Gasteiger partial charge in [-0.15, -0.1) is 0 Å². The quantitative estimate of drug-likeness (QED) is 0.874. The minimum absolute atomic E-state index is 0.0517. The maximum atomic E-state index is 14.1. The van der Waals surface area contributed by atoms with Crippen molar-refractivity contribution in [2.45, 2.75) is 38.3 Å². The average Bonchev–Trinajstić information content (AvgIpc) is 3.03. The van der Waals surface area contributed by atoms with E-state index in [1.807, 2.05) is 19.1 Å². The fourth-order valence-corrected chi connectivity index (χ4v) is 3.18. The van der Waals surface area contributed by atoms with Crippen LogP contribution in [-0.4, -0.2) is 30.1 Å². The first kappa shape index (κ1) is 17.2. The molecule has 1 aromatic carbocycles. The Labute approximate surface area is 146 Å². The minimum Gasteiger partial charge on any atom is -0.496 e. The molecule has 2 atom stereocenters. The van der Waals surface area contributed by atoms with Crippen molar-refractivity contribution in [2.75, 3.05) is 12.4 Å². The van der Waals surface area contributed by atoms with Gasteiger partial charge in [-0.25, -0.2) is 9.37 Å². The lowest BCUT2D eigenvalue weighted by Crippen LogP contribution is -2.43. The Balaban J connectivity index is 1.71. The fraction of sp³-hybridized carbons (Fsp3) is 0.368. The number of carbonyl (C=O) groups excluding carboxylic acids is 1. The van der Waals surface area contributed by atoms with E-state index in [0.717, 1.165) is 30.6 Å². The van der Waals surface area contributed by atoms with Crippen LogP contribution in [0.5, 0.6) is 5.75 Å². The number of benzene rings is 1. The molecule has 1 fully saturated rings. The predicted molar refractivity (Wildman–Crippen MR) is 94.4 cm³/mol. The van der Waals surface area contributed by atoms with Crippen LogP contribution in [0.3, 0.4) is 0 Å². The summed E-state index contributed by atoms with van der Waals surface area (Å²) in [5.74, 6) is -0.0227. The predicted octanol–water partition coefficient (Wildman–Crippen LogP) is 3.30. The summed E-state index contributed by atoms with van der Waals surface area (Å²) in [6.07, 6.45) is 4.55. The number of nitrogens with zero attached hydrogens (tertiary/aromatic N) is 1. The Morgan fingerprint density at radius 1 is 1.24 bits per heavy atom. The molecule has 0 bridgehead atoms. The Hall–Kier alpha value is -2.63. The van der Waals surface area contributed by atoms with Gasteiger partial charge < -0.3 is 15.4 Å². The van der Waals surface area contributed by atoms with Gasteiger partial charge in [-0.05, 0) is 49.9 Å². The molecule has 3 rings (SSSR count). The summed E-state index contributed by atoms with van der Waals surface area (Å²) in [5.41, 5.74) is 1.04. The molecule has 5 nitrogen and oxygen atoms in total. The van der Waals surface area contributed by atoms with Gasteiger partial charge in [0.25, 0.3) is 5.91 Å². The van der Waals surface area contributed by atoms with E-state index in [0.29, 0.717) is 0 Å². The van der Waals surface area contributed by atoms with Crippen molar-refractivity contribution in [3.05, 3.63) is 53.5 Å². The molecular weight excluding hydrogens is 321 g/mol. The standard InChI is InChI=1S/C19H22FN3O2/c1-12-9-10-17(21-11-12)22-14-6-4-7-15(14)23-19(24)18-13(20)5-3-8-16(18)25-2/h3,5,8-11,14-15H,4,6-7H2,1-2H3,(H,21,22)(H,23,24)/t14-,15-/m0/s1. The largest absolute Gasteiger partial charge is 0.496 e. The van der Waals surface area contributed by atoms with E-state index in [2.05, 4.69) is 15.6 Å². The molecule has 0 unspecified atom stereocenters. The molecule has 2 N–H and O–H groups in total. The second-order valence-corrected chi connectivity index (χ2v) is 6.30. The third-order valence-electron chi connectivity index (χ3n) is 4.50. The molecule has 1 aromatic heterocycles. The van der Waals surface area contributed by atoms with Crippen LogP contribution in [0, 0.1) is 12.7 Å². The first-order valence-corrected chi connectivity index (χ1v) is 8.41. The molecule has 0 spiro atoms. The summed E-state index contributed by atoms with van der Waals surface area (Å²) in [6.45, 7) is 1.98. The van der Waals surface area contributed by atoms with Crippen molar-refractivity contribution in [3.8, 4) is 5.75 Å². The minimum atomic E-state index is -0.584. The van der Waals surface area contributed by atoms with Crippen molar-refractivity contribution in [3.63, 3.8) is 0 Å². The van der Waals surface area contributed by atoms with Crippen molar-refractivity contribution in [1.29, 1.82) is 0 Å². The Morgan fingerprint density at radius 3 is 2.76 bits per heavy atom. The van der Waals surface area contributed by atoms with Crippen LogP contribution < -0.4 is 15.4 Å². The molecule has 6 heteroatoms. The number of halogens is 1. The Bertz CT molecular complexity index is 749. The molecule has 1 aliphatic carbocycles. The van der Waals surface area contributed by atoms with Crippen molar-refractivity contribution in [2.24, 2.45) is 0 Å². The highest BCUT2D eigenvalue weighted by Gasteiger charge is 2.30. The van der Waals surface area contributed by atoms with Crippen molar-refractivity contribution < 1.29 is 13.9 Å². The highest BCUT2D eigenvalue weighted by Crippen LogP contribution is 2.25. The molecule has 0 radical (unpaired) electrons. The summed E-state index contributed by atoms with van der Waals surface area (Å²) in [4.78, 5) is 16.9. The number of hydrogen-bond acceptors (Lipinski definition) is 4. The number of rotatable bonds is 5. The number of ether oxygens (including phenoxy) is 1. The number of aryl methyl sites for hydroxylation is 1. The highest BCUT2D eigenvalue weighted by molar-refractivity contribution is 5.97. The summed E-state index contributed by atoms with van der Waals surface area (Å²) in [7, 11) is 1.43. The maximum Gasteiger partial charge on any atom is 0.258 e. The van der Waals surface area contributed by atoms with Crippen LogP contribution in [0.4, 0.5) is 10.2 Å². The van der Waals surface area contributed by atoms with Crippen LogP contribution in [0.25, 0.3) is 0 Å². The van der Waals surface area contributed by atoms with Gasteiger partial charge in [-0.1, -0.05) is 12.1 Å². The summed E-state index contributed by atoms with van der Waals surface area (Å²) < 4.78 is 19.2. The second kappa shape index (κ2) is 7.51. The van der Waals surface area contributed by atoms with E-state index in [9.17, 15) is 9.18 Å². The summed E-state index contributed by atoms with van der Waals surface area (Å²) >= 11 is 0. The van der Waals surface area contributed by atoms with Gasteiger partial charge in [0, 0.05) is 18.3 Å². The molecule has 0 aliphatic heterocycles. The van der Waals surface area contributed by atoms with E-state index in [1.54, 1.807) is 12.3 Å². The van der Waals surface area contributed by atoms with Gasteiger partial charge >= 0.3 is 0 Å². The topological polar surface area (TPSA) is 63.2 Å². The summed E-state index contributed by atoms with van der Waals surface area (Å²) in [5, 5.41) is 6.31. The molecule has 0 saturated heterocycles. The lowest BCUT2D eigenvalue weighted by atomic mass is 10.1. The second-order valence-electron chi connectivity index (χ2n) is 6.30. The zero-order valence-corrected chi connectivity index (χ0v) is 14.4. The molecule has 25 heavy (non-hydrogen) atoms. The number of pyridine rings is 1. The monoisotopic (exact) mass is 343 g/mol. The third kappa shape index (κ3) is 3.90. The van der Waals surface area contributed by atoms with Gasteiger partial charge in [0.2, 0.25) is 0 Å². The van der Waals surface area contributed by atoms with Gasteiger partial charge in [0.05, 0.1) is 7.11 Å². The van der Waals surface area contributed by atoms with E-state index in [4.69, 9.17) is 4.74 Å². The number of amides is 1. The zero-order chi connectivity index (χ0) is 17.8. The lowest BCUT2D eigenvalue weighted by Gasteiger charge is -2.23. The smallest absolute Gasteiger partial charge is 0.258 e. The van der Waals surface area contributed by atoms with Gasteiger partial charge in [-0.2, -0.15) is 0 Å².